The molecule has 0 aromatic rings. The molecule has 0 aliphatic carbocycles. The van der Waals surface area contributed by atoms with Crippen molar-refractivity contribution < 1.29 is 0 Å². The predicted molar refractivity (Wildman–Crippen MR) is 47.7 cm³/mol. The van der Waals surface area contributed by atoms with E-state index in [0.29, 0.717) is 6.04 Å². The molecule has 0 saturated carbocycles. The Morgan fingerprint density at radius 2 is 2.00 bits per heavy atom. The van der Waals surface area contributed by atoms with Crippen LogP contribution in [-0.2, 0) is 0 Å². The Labute approximate surface area is 69.1 Å². The third-order valence-corrected chi connectivity index (χ3v) is 1.95. The predicted octanol–water partition coefficient (Wildman–Crippen LogP) is 2.39. The van der Waals surface area contributed by atoms with Gasteiger partial charge in [-0.3, -0.25) is 0 Å². The molecule has 0 spiro atoms. The molecule has 0 aliphatic rings. The fourth-order valence-electron chi connectivity index (χ4n) is 0.961. The molecule has 2 unspecified atom stereocenters. The highest BCUT2D eigenvalue weighted by Gasteiger charge is 2.09. The first-order valence-electron chi connectivity index (χ1n) is 4.09. The normalized spacial score (nSPS) is 16.8. The van der Waals surface area contributed by atoms with Gasteiger partial charge in [-0.1, -0.05) is 13.8 Å². The average Bonchev–Trinajstić information content (AvgIpc) is 1.89. The van der Waals surface area contributed by atoms with Gasteiger partial charge in [-0.2, -0.15) is 0 Å². The molecule has 0 amide bonds. The molecule has 0 aliphatic heterocycles. The van der Waals surface area contributed by atoms with E-state index in [2.05, 4.69) is 19.2 Å². The molecule has 0 radical (unpaired) electrons. The molecule has 0 bridgehead atoms. The van der Waals surface area contributed by atoms with Crippen LogP contribution in [0.2, 0.25) is 0 Å². The minimum absolute atomic E-state index is 0.247. The van der Waals surface area contributed by atoms with Gasteiger partial charge in [0.05, 0.1) is 0 Å². The third kappa shape index (κ3) is 4.13. The Hall–Kier alpha value is 0.250. The lowest BCUT2D eigenvalue weighted by molar-refractivity contribution is 0.490. The highest BCUT2D eigenvalue weighted by atomic mass is 35.5. The quantitative estimate of drug-likeness (QED) is 0.614. The van der Waals surface area contributed by atoms with Crippen LogP contribution in [0.4, 0.5) is 0 Å². The molecule has 2 atom stereocenters. The molecule has 0 aromatic heterocycles. The molecule has 10 heavy (non-hydrogen) atoms. The summed E-state index contributed by atoms with van der Waals surface area (Å²) in [6.07, 6.45) is 2.30. The number of alkyl halides is 1. The number of hydrogen-bond donors (Lipinski definition) is 1. The molecule has 0 heterocycles. The third-order valence-electron chi connectivity index (χ3n) is 1.65. The fourth-order valence-corrected chi connectivity index (χ4v) is 1.23. The van der Waals surface area contributed by atoms with Crippen molar-refractivity contribution in [1.29, 1.82) is 0 Å². The molecule has 1 nitrogen and oxygen atoms in total. The van der Waals surface area contributed by atoms with Crippen LogP contribution in [0.3, 0.4) is 0 Å². The Kier molecular flexibility index (Phi) is 6.14. The summed E-state index contributed by atoms with van der Waals surface area (Å²) in [4.78, 5) is 0. The summed E-state index contributed by atoms with van der Waals surface area (Å²) in [6.45, 7) is 7.44. The van der Waals surface area contributed by atoms with Crippen molar-refractivity contribution >= 4 is 11.6 Å². The zero-order valence-corrected chi connectivity index (χ0v) is 7.91. The van der Waals surface area contributed by atoms with Crippen LogP contribution < -0.4 is 5.32 Å². The molecule has 0 rings (SSSR count). The zero-order valence-electron chi connectivity index (χ0n) is 7.15. The summed E-state index contributed by atoms with van der Waals surface area (Å²) in [7, 11) is 0. The van der Waals surface area contributed by atoms with E-state index in [9.17, 15) is 0 Å². The maximum Gasteiger partial charge on any atom is 0.0461 e. The minimum atomic E-state index is 0.247. The van der Waals surface area contributed by atoms with Gasteiger partial charge in [-0.25, -0.2) is 0 Å². The molecule has 2 heteroatoms. The Morgan fingerprint density at radius 1 is 1.40 bits per heavy atom. The van der Waals surface area contributed by atoms with Crippen molar-refractivity contribution in [3.8, 4) is 0 Å². The van der Waals surface area contributed by atoms with E-state index in [0.717, 1.165) is 13.0 Å². The van der Waals surface area contributed by atoms with E-state index in [-0.39, 0.29) is 5.38 Å². The van der Waals surface area contributed by atoms with Crippen LogP contribution in [0, 0.1) is 0 Å². The van der Waals surface area contributed by atoms with Gasteiger partial charge in [0.1, 0.15) is 0 Å². The first kappa shape index (κ1) is 10.2. The van der Waals surface area contributed by atoms with Crippen LogP contribution in [0.5, 0.6) is 0 Å². The van der Waals surface area contributed by atoms with E-state index in [1.54, 1.807) is 0 Å². The maximum atomic E-state index is 5.92. The van der Waals surface area contributed by atoms with Crippen molar-refractivity contribution in [3.05, 3.63) is 0 Å². The monoisotopic (exact) mass is 163 g/mol. The number of halogens is 1. The summed E-state index contributed by atoms with van der Waals surface area (Å²) < 4.78 is 0. The van der Waals surface area contributed by atoms with Crippen molar-refractivity contribution in [2.24, 2.45) is 0 Å². The minimum Gasteiger partial charge on any atom is -0.313 e. The van der Waals surface area contributed by atoms with Crippen LogP contribution >= 0.6 is 11.6 Å². The maximum absolute atomic E-state index is 5.92. The van der Waals surface area contributed by atoms with E-state index < -0.39 is 0 Å². The van der Waals surface area contributed by atoms with Crippen molar-refractivity contribution in [3.63, 3.8) is 0 Å². The summed E-state index contributed by atoms with van der Waals surface area (Å²) in [5.74, 6) is 0. The molecule has 1 N–H and O–H groups in total. The average molecular weight is 164 g/mol. The number of rotatable bonds is 5. The summed E-state index contributed by atoms with van der Waals surface area (Å²) >= 11 is 5.92. The van der Waals surface area contributed by atoms with Gasteiger partial charge in [0.25, 0.3) is 0 Å². The van der Waals surface area contributed by atoms with E-state index >= 15 is 0 Å². The first-order chi connectivity index (χ1) is 4.72. The highest BCUT2D eigenvalue weighted by molar-refractivity contribution is 6.20. The summed E-state index contributed by atoms with van der Waals surface area (Å²) in [5.41, 5.74) is 0. The standard InChI is InChI=1S/C8H18ClN/c1-4-6-10-8(5-2)7(3)9/h7-8,10H,4-6H2,1-3H3. The largest absolute Gasteiger partial charge is 0.313 e. The second kappa shape index (κ2) is 5.99. The molecular weight excluding hydrogens is 146 g/mol. The van der Waals surface area contributed by atoms with Gasteiger partial charge in [-0.15, -0.1) is 11.6 Å². The summed E-state index contributed by atoms with van der Waals surface area (Å²) in [5, 5.41) is 3.63. The van der Waals surface area contributed by atoms with Crippen LogP contribution in [0.25, 0.3) is 0 Å². The molecular formula is C8H18ClN. The molecule has 0 saturated heterocycles. The van der Waals surface area contributed by atoms with Gasteiger partial charge in [0.2, 0.25) is 0 Å². The van der Waals surface area contributed by atoms with Crippen molar-refractivity contribution in [2.45, 2.75) is 45.0 Å². The lowest BCUT2D eigenvalue weighted by Gasteiger charge is -2.18. The van der Waals surface area contributed by atoms with E-state index in [4.69, 9.17) is 11.6 Å². The van der Waals surface area contributed by atoms with Gasteiger partial charge in [0.15, 0.2) is 0 Å². The highest BCUT2D eigenvalue weighted by Crippen LogP contribution is 2.04. The van der Waals surface area contributed by atoms with E-state index in [1.165, 1.54) is 6.42 Å². The van der Waals surface area contributed by atoms with Crippen LogP contribution in [-0.4, -0.2) is 18.0 Å². The lowest BCUT2D eigenvalue weighted by atomic mass is 10.1. The number of nitrogens with one attached hydrogen (secondary N) is 1. The second-order valence-corrected chi connectivity index (χ2v) is 3.33. The second-order valence-electron chi connectivity index (χ2n) is 2.65. The SMILES string of the molecule is CCCNC(CC)C(C)Cl. The Balaban J connectivity index is 3.40. The summed E-state index contributed by atoms with van der Waals surface area (Å²) in [6, 6.07) is 0.488. The smallest absolute Gasteiger partial charge is 0.0461 e. The first-order valence-corrected chi connectivity index (χ1v) is 4.53. The number of hydrogen-bond acceptors (Lipinski definition) is 1. The van der Waals surface area contributed by atoms with E-state index in [1.807, 2.05) is 6.92 Å². The Bertz CT molecular complexity index is 73.7. The van der Waals surface area contributed by atoms with Gasteiger partial charge in [-0.05, 0) is 26.3 Å². The van der Waals surface area contributed by atoms with Crippen molar-refractivity contribution in [2.75, 3.05) is 6.54 Å². The van der Waals surface area contributed by atoms with Gasteiger partial charge in [0, 0.05) is 11.4 Å². The molecule has 62 valence electrons. The zero-order chi connectivity index (χ0) is 7.98. The lowest BCUT2D eigenvalue weighted by Crippen LogP contribution is -2.35. The van der Waals surface area contributed by atoms with Crippen molar-refractivity contribution in [1.82, 2.24) is 5.32 Å². The molecule has 0 fully saturated rings. The van der Waals surface area contributed by atoms with Gasteiger partial charge < -0.3 is 5.32 Å². The topological polar surface area (TPSA) is 12.0 Å². The van der Waals surface area contributed by atoms with Gasteiger partial charge >= 0.3 is 0 Å². The Morgan fingerprint density at radius 3 is 2.30 bits per heavy atom. The fraction of sp³-hybridized carbons (Fsp3) is 1.00. The molecule has 0 aromatic carbocycles. The van der Waals surface area contributed by atoms with Crippen LogP contribution in [0.15, 0.2) is 0 Å². The van der Waals surface area contributed by atoms with Crippen LogP contribution in [0.1, 0.15) is 33.6 Å².